The molecule has 0 aromatic heterocycles. The Morgan fingerprint density at radius 3 is 2.50 bits per heavy atom. The molecule has 2 fully saturated rings. The van der Waals surface area contributed by atoms with Crippen LogP contribution in [0, 0.1) is 29.1 Å². The van der Waals surface area contributed by atoms with Gasteiger partial charge in [0.25, 0.3) is 0 Å². The van der Waals surface area contributed by atoms with Gasteiger partial charge >= 0.3 is 0 Å². The molecule has 2 aliphatic rings. The molecule has 12 heavy (non-hydrogen) atoms. The standard InChI is InChI=1S/C11H17N/c12-8-10-5-2-1-4-9-6-3-7-11(9)10/h9-11H,1-7H2. The molecular weight excluding hydrogens is 146 g/mol. The Morgan fingerprint density at radius 2 is 1.67 bits per heavy atom. The average molecular weight is 163 g/mol. The van der Waals surface area contributed by atoms with Gasteiger partial charge in [0.15, 0.2) is 0 Å². The summed E-state index contributed by atoms with van der Waals surface area (Å²) in [5.41, 5.74) is 0. The fourth-order valence-corrected chi connectivity index (χ4v) is 3.10. The number of hydrogen-bond donors (Lipinski definition) is 0. The lowest BCUT2D eigenvalue weighted by atomic mass is 9.84. The van der Waals surface area contributed by atoms with E-state index in [1.807, 2.05) is 0 Å². The van der Waals surface area contributed by atoms with E-state index in [0.29, 0.717) is 5.92 Å². The van der Waals surface area contributed by atoms with Crippen LogP contribution in [0.25, 0.3) is 0 Å². The Labute approximate surface area is 74.8 Å². The zero-order valence-corrected chi connectivity index (χ0v) is 7.63. The van der Waals surface area contributed by atoms with Crippen LogP contribution in [0.5, 0.6) is 0 Å². The maximum absolute atomic E-state index is 9.01. The van der Waals surface area contributed by atoms with Crippen molar-refractivity contribution in [3.63, 3.8) is 0 Å². The van der Waals surface area contributed by atoms with E-state index in [-0.39, 0.29) is 0 Å². The minimum Gasteiger partial charge on any atom is -0.198 e. The van der Waals surface area contributed by atoms with Crippen molar-refractivity contribution in [2.45, 2.75) is 44.9 Å². The number of nitrogens with zero attached hydrogens (tertiary/aromatic N) is 1. The highest BCUT2D eigenvalue weighted by molar-refractivity contribution is 4.95. The molecule has 0 N–H and O–H groups in total. The summed E-state index contributed by atoms with van der Waals surface area (Å²) in [6.45, 7) is 0. The Bertz CT molecular complexity index is 192. The van der Waals surface area contributed by atoms with Crippen LogP contribution in [0.2, 0.25) is 0 Å². The van der Waals surface area contributed by atoms with Crippen molar-refractivity contribution in [1.29, 1.82) is 5.26 Å². The van der Waals surface area contributed by atoms with Crippen molar-refractivity contribution in [1.82, 2.24) is 0 Å². The predicted molar refractivity (Wildman–Crippen MR) is 48.4 cm³/mol. The predicted octanol–water partition coefficient (Wildman–Crippen LogP) is 3.12. The quantitative estimate of drug-likeness (QED) is 0.538. The molecule has 2 rings (SSSR count). The molecule has 66 valence electrons. The molecule has 3 unspecified atom stereocenters. The van der Waals surface area contributed by atoms with Gasteiger partial charge in [0.05, 0.1) is 6.07 Å². The molecular formula is C11H17N. The van der Waals surface area contributed by atoms with Gasteiger partial charge in [-0.15, -0.1) is 0 Å². The summed E-state index contributed by atoms with van der Waals surface area (Å²) in [5, 5.41) is 9.01. The summed E-state index contributed by atoms with van der Waals surface area (Å²) in [7, 11) is 0. The Morgan fingerprint density at radius 1 is 0.917 bits per heavy atom. The average Bonchev–Trinajstić information content (AvgIpc) is 2.46. The normalized spacial score (nSPS) is 41.4. The van der Waals surface area contributed by atoms with Crippen LogP contribution in [0.3, 0.4) is 0 Å². The topological polar surface area (TPSA) is 23.8 Å². The first-order chi connectivity index (χ1) is 5.92. The van der Waals surface area contributed by atoms with Crippen molar-refractivity contribution in [3.05, 3.63) is 0 Å². The molecule has 2 saturated carbocycles. The second kappa shape index (κ2) is 3.47. The van der Waals surface area contributed by atoms with Gasteiger partial charge in [-0.1, -0.05) is 32.1 Å². The van der Waals surface area contributed by atoms with Crippen molar-refractivity contribution in [3.8, 4) is 6.07 Å². The van der Waals surface area contributed by atoms with Crippen molar-refractivity contribution in [2.75, 3.05) is 0 Å². The number of nitriles is 1. The highest BCUT2D eigenvalue weighted by Crippen LogP contribution is 2.43. The molecule has 0 aromatic carbocycles. The first-order valence-electron chi connectivity index (χ1n) is 5.31. The Kier molecular flexibility index (Phi) is 2.35. The zero-order valence-electron chi connectivity index (χ0n) is 7.63. The van der Waals surface area contributed by atoms with Crippen LogP contribution >= 0.6 is 0 Å². The molecule has 0 aromatic rings. The molecule has 0 saturated heterocycles. The molecule has 3 atom stereocenters. The third-order valence-corrected chi connectivity index (χ3v) is 3.74. The number of hydrogen-bond acceptors (Lipinski definition) is 1. The van der Waals surface area contributed by atoms with Gasteiger partial charge < -0.3 is 0 Å². The highest BCUT2D eigenvalue weighted by atomic mass is 14.4. The van der Waals surface area contributed by atoms with E-state index < -0.39 is 0 Å². The van der Waals surface area contributed by atoms with Gasteiger partial charge in [-0.05, 0) is 24.7 Å². The van der Waals surface area contributed by atoms with Crippen LogP contribution < -0.4 is 0 Å². The molecule has 0 radical (unpaired) electrons. The summed E-state index contributed by atoms with van der Waals surface area (Å²) in [6.07, 6.45) is 9.38. The van der Waals surface area contributed by atoms with Gasteiger partial charge in [0, 0.05) is 5.92 Å². The first-order valence-corrected chi connectivity index (χ1v) is 5.31. The monoisotopic (exact) mass is 163 g/mol. The highest BCUT2D eigenvalue weighted by Gasteiger charge is 2.34. The van der Waals surface area contributed by atoms with E-state index in [4.69, 9.17) is 5.26 Å². The van der Waals surface area contributed by atoms with Crippen LogP contribution in [-0.2, 0) is 0 Å². The SMILES string of the molecule is N#CC1CCCCC2CCCC12. The fraction of sp³-hybridized carbons (Fsp3) is 0.909. The minimum absolute atomic E-state index is 0.403. The smallest absolute Gasteiger partial charge is 0.0658 e. The van der Waals surface area contributed by atoms with Gasteiger partial charge in [0.1, 0.15) is 0 Å². The van der Waals surface area contributed by atoms with Gasteiger partial charge in [-0.2, -0.15) is 5.26 Å². The third kappa shape index (κ3) is 1.35. The maximum Gasteiger partial charge on any atom is 0.0658 e. The van der Waals surface area contributed by atoms with E-state index in [0.717, 1.165) is 11.8 Å². The second-order valence-electron chi connectivity index (χ2n) is 4.37. The maximum atomic E-state index is 9.01. The molecule has 0 aliphatic heterocycles. The molecule has 2 aliphatic carbocycles. The van der Waals surface area contributed by atoms with E-state index in [1.165, 1.54) is 44.9 Å². The molecule has 0 amide bonds. The molecule has 0 bridgehead atoms. The molecule has 1 heteroatoms. The lowest BCUT2D eigenvalue weighted by Crippen LogP contribution is -2.15. The summed E-state index contributed by atoms with van der Waals surface area (Å²) in [4.78, 5) is 0. The Balaban J connectivity index is 2.09. The van der Waals surface area contributed by atoms with E-state index >= 15 is 0 Å². The van der Waals surface area contributed by atoms with E-state index in [1.54, 1.807) is 0 Å². The zero-order chi connectivity index (χ0) is 8.39. The van der Waals surface area contributed by atoms with Gasteiger partial charge in [0.2, 0.25) is 0 Å². The van der Waals surface area contributed by atoms with Crippen LogP contribution in [-0.4, -0.2) is 0 Å². The van der Waals surface area contributed by atoms with Gasteiger partial charge in [-0.3, -0.25) is 0 Å². The molecule has 0 heterocycles. The molecule has 0 spiro atoms. The summed E-state index contributed by atoms with van der Waals surface area (Å²) >= 11 is 0. The summed E-state index contributed by atoms with van der Waals surface area (Å²) in [5.74, 6) is 2.09. The number of fused-ring (bicyclic) bond motifs is 1. The molecule has 1 nitrogen and oxygen atoms in total. The van der Waals surface area contributed by atoms with Crippen LogP contribution in [0.4, 0.5) is 0 Å². The van der Waals surface area contributed by atoms with Crippen molar-refractivity contribution < 1.29 is 0 Å². The fourth-order valence-electron chi connectivity index (χ4n) is 3.10. The van der Waals surface area contributed by atoms with E-state index in [9.17, 15) is 0 Å². The summed E-state index contributed by atoms with van der Waals surface area (Å²) < 4.78 is 0. The first kappa shape index (κ1) is 8.10. The van der Waals surface area contributed by atoms with Crippen LogP contribution in [0.15, 0.2) is 0 Å². The summed E-state index contributed by atoms with van der Waals surface area (Å²) in [6, 6.07) is 2.52. The van der Waals surface area contributed by atoms with Crippen molar-refractivity contribution >= 4 is 0 Å². The van der Waals surface area contributed by atoms with Crippen molar-refractivity contribution in [2.24, 2.45) is 17.8 Å². The third-order valence-electron chi connectivity index (χ3n) is 3.74. The largest absolute Gasteiger partial charge is 0.198 e. The minimum atomic E-state index is 0.403. The van der Waals surface area contributed by atoms with Crippen LogP contribution in [0.1, 0.15) is 44.9 Å². The number of rotatable bonds is 0. The Hall–Kier alpha value is -0.510. The lowest BCUT2D eigenvalue weighted by molar-refractivity contribution is 0.314. The van der Waals surface area contributed by atoms with Gasteiger partial charge in [-0.25, -0.2) is 0 Å². The lowest BCUT2D eigenvalue weighted by Gasteiger charge is -2.19. The second-order valence-corrected chi connectivity index (χ2v) is 4.37. The van der Waals surface area contributed by atoms with E-state index in [2.05, 4.69) is 6.07 Å².